The van der Waals surface area contributed by atoms with E-state index in [4.69, 9.17) is 0 Å². The standard InChI is InChI=1S/C17H9F9O2/c18-15(19,20)12-4-2-1-3-10(12)11-6-5-9(8-27)7-13(11)14(28,16(21,22)23)17(24,25)26/h1-8,28H. The summed E-state index contributed by atoms with van der Waals surface area (Å²) in [7, 11) is 0. The Morgan fingerprint density at radius 2 is 1.21 bits per heavy atom. The van der Waals surface area contributed by atoms with E-state index in [1.807, 2.05) is 0 Å². The van der Waals surface area contributed by atoms with Gasteiger partial charge in [-0.1, -0.05) is 30.3 Å². The van der Waals surface area contributed by atoms with E-state index in [1.54, 1.807) is 0 Å². The summed E-state index contributed by atoms with van der Waals surface area (Å²) in [6.45, 7) is 0. The van der Waals surface area contributed by atoms with E-state index in [2.05, 4.69) is 0 Å². The molecule has 0 bridgehead atoms. The Morgan fingerprint density at radius 3 is 1.68 bits per heavy atom. The predicted molar refractivity (Wildman–Crippen MR) is 78.3 cm³/mol. The fourth-order valence-corrected chi connectivity index (χ4v) is 2.60. The van der Waals surface area contributed by atoms with Gasteiger partial charge in [0.05, 0.1) is 5.56 Å². The van der Waals surface area contributed by atoms with Crippen LogP contribution in [0, 0.1) is 0 Å². The molecule has 0 saturated carbocycles. The highest BCUT2D eigenvalue weighted by Crippen LogP contribution is 2.53. The van der Waals surface area contributed by atoms with Crippen LogP contribution in [-0.4, -0.2) is 23.7 Å². The third-order valence-electron chi connectivity index (χ3n) is 3.91. The zero-order valence-electron chi connectivity index (χ0n) is 13.4. The molecule has 0 radical (unpaired) electrons. The lowest BCUT2D eigenvalue weighted by Gasteiger charge is -2.34. The number of hydrogen-bond acceptors (Lipinski definition) is 2. The molecule has 28 heavy (non-hydrogen) atoms. The first-order valence-corrected chi connectivity index (χ1v) is 7.26. The number of aldehydes is 1. The van der Waals surface area contributed by atoms with Gasteiger partial charge in [-0.25, -0.2) is 0 Å². The number of halogens is 9. The van der Waals surface area contributed by atoms with Crippen molar-refractivity contribution in [3.05, 3.63) is 59.2 Å². The Kier molecular flexibility index (Phi) is 5.28. The first-order chi connectivity index (χ1) is 12.6. The number of aliphatic hydroxyl groups is 1. The molecule has 0 fully saturated rings. The van der Waals surface area contributed by atoms with Crippen molar-refractivity contribution in [1.82, 2.24) is 0 Å². The average Bonchev–Trinajstić information content (AvgIpc) is 2.57. The molecule has 0 aliphatic carbocycles. The van der Waals surface area contributed by atoms with E-state index in [0.717, 1.165) is 18.2 Å². The number of alkyl halides is 9. The number of carbonyl (C=O) groups excluding carboxylic acids is 1. The monoisotopic (exact) mass is 416 g/mol. The fourth-order valence-electron chi connectivity index (χ4n) is 2.60. The van der Waals surface area contributed by atoms with Crippen molar-refractivity contribution in [1.29, 1.82) is 0 Å². The van der Waals surface area contributed by atoms with Crippen LogP contribution in [0.15, 0.2) is 42.5 Å². The molecule has 0 aliphatic heterocycles. The molecular formula is C17H9F9O2. The van der Waals surface area contributed by atoms with Crippen LogP contribution in [0.1, 0.15) is 21.5 Å². The minimum Gasteiger partial charge on any atom is -0.369 e. The van der Waals surface area contributed by atoms with Crippen molar-refractivity contribution >= 4 is 6.29 Å². The molecule has 11 heteroatoms. The second kappa shape index (κ2) is 6.80. The zero-order valence-corrected chi connectivity index (χ0v) is 13.4. The lowest BCUT2D eigenvalue weighted by molar-refractivity contribution is -0.376. The number of rotatable bonds is 3. The van der Waals surface area contributed by atoms with E-state index < -0.39 is 51.9 Å². The highest BCUT2D eigenvalue weighted by atomic mass is 19.4. The van der Waals surface area contributed by atoms with Gasteiger partial charge in [-0.15, -0.1) is 0 Å². The van der Waals surface area contributed by atoms with Crippen molar-refractivity contribution in [2.75, 3.05) is 0 Å². The highest BCUT2D eigenvalue weighted by molar-refractivity contribution is 5.80. The first-order valence-electron chi connectivity index (χ1n) is 7.26. The van der Waals surface area contributed by atoms with Crippen molar-refractivity contribution in [3.8, 4) is 11.1 Å². The van der Waals surface area contributed by atoms with Gasteiger partial charge in [-0.05, 0) is 23.3 Å². The second-order valence-corrected chi connectivity index (χ2v) is 5.67. The van der Waals surface area contributed by atoms with E-state index >= 15 is 0 Å². The Bertz CT molecular complexity index is 865. The SMILES string of the molecule is O=Cc1ccc(-c2ccccc2C(F)(F)F)c(C(O)(C(F)(F)F)C(F)(F)F)c1. The predicted octanol–water partition coefficient (Wildman–Crippen LogP) is 5.50. The van der Waals surface area contributed by atoms with Crippen LogP contribution in [0.2, 0.25) is 0 Å². The summed E-state index contributed by atoms with van der Waals surface area (Å²) in [6.07, 6.45) is -17.9. The minimum absolute atomic E-state index is 0.0659. The van der Waals surface area contributed by atoms with Gasteiger partial charge < -0.3 is 5.11 Å². The Balaban J connectivity index is 2.98. The molecule has 0 saturated heterocycles. The fraction of sp³-hybridized carbons (Fsp3) is 0.235. The summed E-state index contributed by atoms with van der Waals surface area (Å²) in [6, 6.07) is 4.30. The molecule has 0 aliphatic rings. The summed E-state index contributed by atoms with van der Waals surface area (Å²) in [5.74, 6) is 0. The minimum atomic E-state index is -6.34. The van der Waals surface area contributed by atoms with Gasteiger partial charge in [0.2, 0.25) is 0 Å². The number of benzene rings is 2. The third kappa shape index (κ3) is 3.58. The van der Waals surface area contributed by atoms with Crippen molar-refractivity contribution < 1.29 is 49.4 Å². The van der Waals surface area contributed by atoms with Crippen molar-refractivity contribution in [2.24, 2.45) is 0 Å². The van der Waals surface area contributed by atoms with E-state index in [9.17, 15) is 49.4 Å². The van der Waals surface area contributed by atoms with Gasteiger partial charge in [0.1, 0.15) is 6.29 Å². The molecule has 0 spiro atoms. The molecule has 0 aromatic heterocycles. The lowest BCUT2D eigenvalue weighted by Crippen LogP contribution is -2.54. The first kappa shape index (κ1) is 21.7. The zero-order chi connectivity index (χ0) is 21.5. The van der Waals surface area contributed by atoms with Gasteiger partial charge in [-0.2, -0.15) is 39.5 Å². The molecule has 0 unspecified atom stereocenters. The van der Waals surface area contributed by atoms with Gasteiger partial charge in [-0.3, -0.25) is 4.79 Å². The van der Waals surface area contributed by atoms with Crippen LogP contribution in [0.3, 0.4) is 0 Å². The highest BCUT2D eigenvalue weighted by Gasteiger charge is 2.72. The van der Waals surface area contributed by atoms with Crippen LogP contribution < -0.4 is 0 Å². The van der Waals surface area contributed by atoms with Crippen molar-refractivity contribution in [3.63, 3.8) is 0 Å². The van der Waals surface area contributed by atoms with Gasteiger partial charge >= 0.3 is 18.5 Å². The quantitative estimate of drug-likeness (QED) is 0.530. The molecule has 2 rings (SSSR count). The van der Waals surface area contributed by atoms with Crippen LogP contribution in [0.4, 0.5) is 39.5 Å². The largest absolute Gasteiger partial charge is 0.430 e. The molecule has 2 aromatic rings. The van der Waals surface area contributed by atoms with E-state index in [-0.39, 0.29) is 12.4 Å². The van der Waals surface area contributed by atoms with E-state index in [0.29, 0.717) is 18.2 Å². The Hall–Kier alpha value is -2.56. The molecule has 0 heterocycles. The van der Waals surface area contributed by atoms with Gasteiger partial charge in [0, 0.05) is 11.1 Å². The summed E-state index contributed by atoms with van der Waals surface area (Å²) in [5.41, 5.74) is -11.8. The smallest absolute Gasteiger partial charge is 0.369 e. The molecule has 2 nitrogen and oxygen atoms in total. The summed E-state index contributed by atoms with van der Waals surface area (Å²) < 4.78 is 119. The molecule has 0 atom stereocenters. The van der Waals surface area contributed by atoms with E-state index in [1.165, 1.54) is 0 Å². The topological polar surface area (TPSA) is 37.3 Å². The maximum Gasteiger partial charge on any atom is 0.430 e. The summed E-state index contributed by atoms with van der Waals surface area (Å²) in [4.78, 5) is 10.8. The van der Waals surface area contributed by atoms with Gasteiger partial charge in [0.15, 0.2) is 0 Å². The summed E-state index contributed by atoms with van der Waals surface area (Å²) >= 11 is 0. The average molecular weight is 416 g/mol. The molecule has 1 N–H and O–H groups in total. The van der Waals surface area contributed by atoms with Crippen molar-refractivity contribution in [2.45, 2.75) is 24.1 Å². The maximum atomic E-state index is 13.3. The number of carbonyl (C=O) groups is 1. The normalized spacial score (nSPS) is 13.5. The van der Waals surface area contributed by atoms with Gasteiger partial charge in [0.25, 0.3) is 5.60 Å². The molecule has 152 valence electrons. The van der Waals surface area contributed by atoms with Crippen LogP contribution in [0.5, 0.6) is 0 Å². The third-order valence-corrected chi connectivity index (χ3v) is 3.91. The Labute approximate surface area is 151 Å². The molecule has 0 amide bonds. The lowest BCUT2D eigenvalue weighted by atomic mass is 9.83. The molecule has 2 aromatic carbocycles. The van der Waals surface area contributed by atoms with Crippen LogP contribution in [-0.2, 0) is 11.8 Å². The molecular weight excluding hydrogens is 407 g/mol. The summed E-state index contributed by atoms with van der Waals surface area (Å²) in [5, 5.41) is 9.66. The maximum absolute atomic E-state index is 13.3. The Morgan fingerprint density at radius 1 is 0.714 bits per heavy atom. The second-order valence-electron chi connectivity index (χ2n) is 5.67. The van der Waals surface area contributed by atoms with Crippen LogP contribution >= 0.6 is 0 Å². The number of hydrogen-bond donors (Lipinski definition) is 1. The van der Waals surface area contributed by atoms with Crippen LogP contribution in [0.25, 0.3) is 11.1 Å².